The van der Waals surface area contributed by atoms with Gasteiger partial charge in [0.2, 0.25) is 5.89 Å². The van der Waals surface area contributed by atoms with E-state index in [4.69, 9.17) is 4.42 Å². The van der Waals surface area contributed by atoms with Gasteiger partial charge in [0.1, 0.15) is 5.76 Å². The van der Waals surface area contributed by atoms with E-state index in [0.29, 0.717) is 6.04 Å². The summed E-state index contributed by atoms with van der Waals surface area (Å²) in [6.45, 7) is 7.29. The third-order valence-corrected chi connectivity index (χ3v) is 4.44. The van der Waals surface area contributed by atoms with Crippen LogP contribution in [0, 0.1) is 13.8 Å². The van der Waals surface area contributed by atoms with E-state index in [1.54, 1.807) is 0 Å². The molecular formula is C14H23N3O. The van der Waals surface area contributed by atoms with Gasteiger partial charge in [0.15, 0.2) is 0 Å². The molecule has 2 fully saturated rings. The molecule has 1 aromatic rings. The van der Waals surface area contributed by atoms with Crippen LogP contribution < -0.4 is 5.32 Å². The van der Waals surface area contributed by atoms with Crippen LogP contribution in [0.3, 0.4) is 0 Å². The lowest BCUT2D eigenvalue weighted by molar-refractivity contribution is 0.179. The maximum atomic E-state index is 5.62. The molecule has 3 rings (SSSR count). The first-order chi connectivity index (χ1) is 8.74. The van der Waals surface area contributed by atoms with Crippen LogP contribution in [0.5, 0.6) is 0 Å². The number of nitrogens with zero attached hydrogens (tertiary/aromatic N) is 2. The van der Waals surface area contributed by atoms with E-state index in [0.717, 1.165) is 29.9 Å². The molecular weight excluding hydrogens is 226 g/mol. The van der Waals surface area contributed by atoms with Crippen LogP contribution in [0.1, 0.15) is 43.0 Å². The summed E-state index contributed by atoms with van der Waals surface area (Å²) in [6, 6.07) is 1.37. The van der Waals surface area contributed by atoms with Gasteiger partial charge in [-0.05, 0) is 39.7 Å². The van der Waals surface area contributed by atoms with Crippen molar-refractivity contribution in [2.24, 2.45) is 0 Å². The van der Waals surface area contributed by atoms with Gasteiger partial charge in [-0.25, -0.2) is 4.98 Å². The Bertz CT molecular complexity index is 396. The van der Waals surface area contributed by atoms with Crippen LogP contribution in [-0.2, 0) is 6.54 Å². The smallest absolute Gasteiger partial charge is 0.208 e. The van der Waals surface area contributed by atoms with Gasteiger partial charge < -0.3 is 9.73 Å². The Labute approximate surface area is 109 Å². The van der Waals surface area contributed by atoms with E-state index in [-0.39, 0.29) is 0 Å². The van der Waals surface area contributed by atoms with Crippen molar-refractivity contribution in [3.8, 4) is 0 Å². The number of hydrogen-bond acceptors (Lipinski definition) is 4. The number of piperidine rings is 1. The maximum absolute atomic E-state index is 5.62. The van der Waals surface area contributed by atoms with E-state index in [2.05, 4.69) is 15.2 Å². The number of aryl methyl sites for hydroxylation is 2. The zero-order chi connectivity index (χ0) is 12.5. The third kappa shape index (κ3) is 2.31. The maximum Gasteiger partial charge on any atom is 0.208 e. The van der Waals surface area contributed by atoms with E-state index in [1.165, 1.54) is 38.8 Å². The molecule has 3 heterocycles. The fourth-order valence-corrected chi connectivity index (χ4v) is 3.32. The lowest BCUT2D eigenvalue weighted by Gasteiger charge is -2.32. The minimum absolute atomic E-state index is 0.623. The Morgan fingerprint density at radius 3 is 2.94 bits per heavy atom. The first kappa shape index (κ1) is 12.2. The second-order valence-electron chi connectivity index (χ2n) is 5.62. The van der Waals surface area contributed by atoms with E-state index in [9.17, 15) is 0 Å². The lowest BCUT2D eigenvalue weighted by Crippen LogP contribution is -2.44. The number of aromatic nitrogens is 1. The molecule has 2 aliphatic heterocycles. The molecule has 2 aliphatic rings. The van der Waals surface area contributed by atoms with Crippen molar-refractivity contribution < 1.29 is 4.42 Å². The van der Waals surface area contributed by atoms with Gasteiger partial charge in [0.25, 0.3) is 0 Å². The highest BCUT2D eigenvalue weighted by molar-refractivity contribution is 5.05. The standard InChI is InChI=1S/C14H23N3O/c1-10-11(2)18-14(16-10)9-15-12-6-8-17-7-4-3-5-13(12)17/h12-13,15H,3-9H2,1-2H3. The summed E-state index contributed by atoms with van der Waals surface area (Å²) in [6.07, 6.45) is 5.38. The van der Waals surface area contributed by atoms with Crippen LogP contribution in [0.4, 0.5) is 0 Å². The minimum atomic E-state index is 0.623. The minimum Gasteiger partial charge on any atom is -0.444 e. The third-order valence-electron chi connectivity index (χ3n) is 4.44. The molecule has 0 saturated carbocycles. The Hall–Kier alpha value is -0.870. The fourth-order valence-electron chi connectivity index (χ4n) is 3.32. The Balaban J connectivity index is 1.57. The molecule has 4 nitrogen and oxygen atoms in total. The van der Waals surface area contributed by atoms with Gasteiger partial charge in [0, 0.05) is 18.6 Å². The first-order valence-corrected chi connectivity index (χ1v) is 7.14. The summed E-state index contributed by atoms with van der Waals surface area (Å²) < 4.78 is 5.62. The van der Waals surface area contributed by atoms with Crippen molar-refractivity contribution in [2.45, 2.75) is 58.2 Å². The quantitative estimate of drug-likeness (QED) is 0.889. The summed E-state index contributed by atoms with van der Waals surface area (Å²) >= 11 is 0. The Morgan fingerprint density at radius 1 is 1.28 bits per heavy atom. The van der Waals surface area contributed by atoms with Crippen molar-refractivity contribution in [1.29, 1.82) is 0 Å². The van der Waals surface area contributed by atoms with Crippen molar-refractivity contribution in [3.63, 3.8) is 0 Å². The number of nitrogens with one attached hydrogen (secondary N) is 1. The van der Waals surface area contributed by atoms with Crippen molar-refractivity contribution in [2.75, 3.05) is 13.1 Å². The molecule has 4 heteroatoms. The van der Waals surface area contributed by atoms with Crippen LogP contribution in [0.25, 0.3) is 0 Å². The lowest BCUT2D eigenvalue weighted by atomic mass is 9.99. The summed E-state index contributed by atoms with van der Waals surface area (Å²) in [5.74, 6) is 1.77. The molecule has 2 atom stereocenters. The molecule has 0 bridgehead atoms. The predicted molar refractivity (Wildman–Crippen MR) is 70.4 cm³/mol. The van der Waals surface area contributed by atoms with E-state index in [1.807, 2.05) is 13.8 Å². The largest absolute Gasteiger partial charge is 0.444 e. The van der Waals surface area contributed by atoms with Gasteiger partial charge in [-0.1, -0.05) is 6.42 Å². The Kier molecular flexibility index (Phi) is 3.39. The summed E-state index contributed by atoms with van der Waals surface area (Å²) in [7, 11) is 0. The van der Waals surface area contributed by atoms with Crippen LogP contribution >= 0.6 is 0 Å². The normalized spacial score (nSPS) is 28.6. The van der Waals surface area contributed by atoms with Gasteiger partial charge >= 0.3 is 0 Å². The molecule has 2 saturated heterocycles. The number of fused-ring (bicyclic) bond motifs is 1. The van der Waals surface area contributed by atoms with E-state index >= 15 is 0 Å². The summed E-state index contributed by atoms with van der Waals surface area (Å²) in [5.41, 5.74) is 1.01. The zero-order valence-electron chi connectivity index (χ0n) is 11.4. The molecule has 0 amide bonds. The Morgan fingerprint density at radius 2 is 2.17 bits per heavy atom. The number of rotatable bonds is 3. The molecule has 1 aromatic heterocycles. The monoisotopic (exact) mass is 249 g/mol. The fraction of sp³-hybridized carbons (Fsp3) is 0.786. The SMILES string of the molecule is Cc1nc(CNC2CCN3CCCCC23)oc1C. The molecule has 18 heavy (non-hydrogen) atoms. The topological polar surface area (TPSA) is 41.3 Å². The average Bonchev–Trinajstić information content (AvgIpc) is 2.92. The highest BCUT2D eigenvalue weighted by Crippen LogP contribution is 2.27. The number of hydrogen-bond donors (Lipinski definition) is 1. The van der Waals surface area contributed by atoms with Crippen molar-refractivity contribution >= 4 is 0 Å². The second-order valence-corrected chi connectivity index (χ2v) is 5.62. The molecule has 0 aromatic carbocycles. The highest BCUT2D eigenvalue weighted by atomic mass is 16.4. The molecule has 1 N–H and O–H groups in total. The van der Waals surface area contributed by atoms with Gasteiger partial charge in [0.05, 0.1) is 12.2 Å². The average molecular weight is 249 g/mol. The molecule has 100 valence electrons. The molecule has 2 unspecified atom stereocenters. The summed E-state index contributed by atoms with van der Waals surface area (Å²) in [5, 5.41) is 3.64. The second kappa shape index (κ2) is 5.02. The van der Waals surface area contributed by atoms with Crippen molar-refractivity contribution in [1.82, 2.24) is 15.2 Å². The van der Waals surface area contributed by atoms with E-state index < -0.39 is 0 Å². The van der Waals surface area contributed by atoms with Crippen LogP contribution in [0.15, 0.2) is 4.42 Å². The van der Waals surface area contributed by atoms with Crippen molar-refractivity contribution in [3.05, 3.63) is 17.3 Å². The molecule has 0 spiro atoms. The van der Waals surface area contributed by atoms with Crippen LogP contribution in [-0.4, -0.2) is 35.1 Å². The van der Waals surface area contributed by atoms with Gasteiger partial charge in [-0.2, -0.15) is 0 Å². The molecule has 0 aliphatic carbocycles. The number of oxazole rings is 1. The zero-order valence-corrected chi connectivity index (χ0v) is 11.4. The van der Waals surface area contributed by atoms with Gasteiger partial charge in [-0.3, -0.25) is 4.90 Å². The van der Waals surface area contributed by atoms with Gasteiger partial charge in [-0.15, -0.1) is 0 Å². The first-order valence-electron chi connectivity index (χ1n) is 7.14. The molecule has 0 radical (unpaired) electrons. The summed E-state index contributed by atoms with van der Waals surface area (Å²) in [4.78, 5) is 7.08. The predicted octanol–water partition coefficient (Wildman–Crippen LogP) is 2.01. The van der Waals surface area contributed by atoms with Crippen LogP contribution in [0.2, 0.25) is 0 Å². The highest BCUT2D eigenvalue weighted by Gasteiger charge is 2.35.